The van der Waals surface area contributed by atoms with Gasteiger partial charge in [0.1, 0.15) is 0 Å². The second kappa shape index (κ2) is 9.95. The molecule has 1 aromatic rings. The van der Waals surface area contributed by atoms with Gasteiger partial charge in [-0.2, -0.15) is 8.61 Å². The van der Waals surface area contributed by atoms with E-state index in [1.165, 1.54) is 32.9 Å². The number of nitrogens with zero attached hydrogens (tertiary/aromatic N) is 2. The number of carbonyl (C=O) groups excluding carboxylic acids is 1. The van der Waals surface area contributed by atoms with E-state index in [4.69, 9.17) is 4.74 Å². The molecule has 2 aliphatic rings. The first-order valence-corrected chi connectivity index (χ1v) is 13.5. The minimum Gasteiger partial charge on any atom is -0.381 e. The number of piperidine rings is 1. The lowest BCUT2D eigenvalue weighted by Gasteiger charge is -2.32. The molecular weight excluding hydrogens is 442 g/mol. The zero-order valence-corrected chi connectivity index (χ0v) is 19.6. The maximum Gasteiger partial charge on any atom is 0.243 e. The summed E-state index contributed by atoms with van der Waals surface area (Å²) in [5, 5.41) is 2.90. The standard InChI is InChI=1S/C20H31N3O6S2/c1-3-22(4-2)30(25,26)18-7-9-19(10-8-18)31(27,28)23-11-5-6-17(13-23)20(24)21-12-16-14-29-15-16/h7-10,16-17H,3-6,11-15H2,1-2H3,(H,21,24). The van der Waals surface area contributed by atoms with Crippen molar-refractivity contribution in [1.29, 1.82) is 0 Å². The van der Waals surface area contributed by atoms with Crippen LogP contribution in [0.5, 0.6) is 0 Å². The van der Waals surface area contributed by atoms with Crippen molar-refractivity contribution in [2.24, 2.45) is 11.8 Å². The van der Waals surface area contributed by atoms with Gasteiger partial charge in [-0.1, -0.05) is 13.8 Å². The average Bonchev–Trinajstić information content (AvgIpc) is 2.73. The topological polar surface area (TPSA) is 113 Å². The summed E-state index contributed by atoms with van der Waals surface area (Å²) in [6, 6.07) is 5.31. The van der Waals surface area contributed by atoms with Gasteiger partial charge in [0.15, 0.2) is 0 Å². The Hall–Kier alpha value is -1.53. The Labute approximate surface area is 184 Å². The monoisotopic (exact) mass is 473 g/mol. The number of hydrogen-bond donors (Lipinski definition) is 1. The van der Waals surface area contributed by atoms with Crippen molar-refractivity contribution in [3.05, 3.63) is 24.3 Å². The summed E-state index contributed by atoms with van der Waals surface area (Å²) in [4.78, 5) is 12.6. The lowest BCUT2D eigenvalue weighted by Crippen LogP contribution is -2.47. The van der Waals surface area contributed by atoms with E-state index < -0.39 is 26.0 Å². The highest BCUT2D eigenvalue weighted by Crippen LogP contribution is 2.25. The van der Waals surface area contributed by atoms with Crippen molar-refractivity contribution in [3.63, 3.8) is 0 Å². The molecule has 31 heavy (non-hydrogen) atoms. The highest BCUT2D eigenvalue weighted by molar-refractivity contribution is 7.89. The molecule has 0 radical (unpaired) electrons. The molecule has 174 valence electrons. The van der Waals surface area contributed by atoms with Crippen LogP contribution >= 0.6 is 0 Å². The molecular formula is C20H31N3O6S2. The molecule has 1 aromatic carbocycles. The maximum atomic E-state index is 13.1. The van der Waals surface area contributed by atoms with E-state index in [2.05, 4.69) is 5.32 Å². The third kappa shape index (κ3) is 5.28. The lowest BCUT2D eigenvalue weighted by atomic mass is 9.98. The Morgan fingerprint density at radius 3 is 2.26 bits per heavy atom. The third-order valence-electron chi connectivity index (χ3n) is 5.83. The molecule has 0 bridgehead atoms. The van der Waals surface area contributed by atoms with Crippen LogP contribution in [0.3, 0.4) is 0 Å². The molecule has 9 nitrogen and oxygen atoms in total. The summed E-state index contributed by atoms with van der Waals surface area (Å²) in [5.74, 6) is -0.196. The summed E-state index contributed by atoms with van der Waals surface area (Å²) >= 11 is 0. The van der Waals surface area contributed by atoms with E-state index in [1.54, 1.807) is 13.8 Å². The molecule has 2 heterocycles. The Morgan fingerprint density at radius 2 is 1.71 bits per heavy atom. The summed E-state index contributed by atoms with van der Waals surface area (Å²) in [6.45, 7) is 6.47. The van der Waals surface area contributed by atoms with Crippen LogP contribution in [-0.2, 0) is 29.6 Å². The van der Waals surface area contributed by atoms with Crippen molar-refractivity contribution >= 4 is 26.0 Å². The summed E-state index contributed by atoms with van der Waals surface area (Å²) in [5.41, 5.74) is 0. The Balaban J connectivity index is 1.69. The fraction of sp³-hybridized carbons (Fsp3) is 0.650. The zero-order chi connectivity index (χ0) is 22.6. The SMILES string of the molecule is CCN(CC)S(=O)(=O)c1ccc(S(=O)(=O)N2CCCC(C(=O)NCC3COC3)C2)cc1. The van der Waals surface area contributed by atoms with Crippen LogP contribution < -0.4 is 5.32 Å². The number of sulfonamides is 2. The van der Waals surface area contributed by atoms with Crippen molar-refractivity contribution in [2.45, 2.75) is 36.5 Å². The van der Waals surface area contributed by atoms with E-state index in [0.717, 1.165) is 0 Å². The van der Waals surface area contributed by atoms with Gasteiger partial charge in [-0.25, -0.2) is 16.8 Å². The predicted octanol–water partition coefficient (Wildman–Crippen LogP) is 0.880. The maximum absolute atomic E-state index is 13.1. The van der Waals surface area contributed by atoms with Crippen LogP contribution in [-0.4, -0.2) is 77.3 Å². The van der Waals surface area contributed by atoms with Gasteiger partial charge in [0, 0.05) is 38.6 Å². The molecule has 0 spiro atoms. The van der Waals surface area contributed by atoms with Crippen molar-refractivity contribution in [1.82, 2.24) is 13.9 Å². The number of nitrogens with one attached hydrogen (secondary N) is 1. The van der Waals surface area contributed by atoms with Crippen LogP contribution in [0.2, 0.25) is 0 Å². The van der Waals surface area contributed by atoms with Gasteiger partial charge >= 0.3 is 0 Å². The van der Waals surface area contributed by atoms with Gasteiger partial charge in [0.25, 0.3) is 0 Å². The number of ether oxygens (including phenoxy) is 1. The molecule has 1 atom stereocenters. The van der Waals surface area contributed by atoms with E-state index >= 15 is 0 Å². The lowest BCUT2D eigenvalue weighted by molar-refractivity contribution is -0.127. The minimum absolute atomic E-state index is 0.0265. The smallest absolute Gasteiger partial charge is 0.243 e. The van der Waals surface area contributed by atoms with E-state index in [-0.39, 0.29) is 22.2 Å². The molecule has 3 rings (SSSR count). The molecule has 0 aliphatic carbocycles. The summed E-state index contributed by atoms with van der Waals surface area (Å²) in [7, 11) is -7.48. The summed E-state index contributed by atoms with van der Waals surface area (Å²) < 4.78 is 59.2. The number of benzene rings is 1. The van der Waals surface area contributed by atoms with Gasteiger partial charge in [0.05, 0.1) is 28.9 Å². The average molecular weight is 474 g/mol. The second-order valence-corrected chi connectivity index (χ2v) is 11.8. The van der Waals surface area contributed by atoms with Crippen LogP contribution in [0.4, 0.5) is 0 Å². The van der Waals surface area contributed by atoms with E-state index in [0.29, 0.717) is 58.2 Å². The zero-order valence-electron chi connectivity index (χ0n) is 18.0. The van der Waals surface area contributed by atoms with E-state index in [1.807, 2.05) is 0 Å². The fourth-order valence-electron chi connectivity index (χ4n) is 3.81. The second-order valence-electron chi connectivity index (χ2n) is 7.91. The van der Waals surface area contributed by atoms with Gasteiger partial charge in [-0.3, -0.25) is 4.79 Å². The molecule has 2 fully saturated rings. The molecule has 0 saturated carbocycles. The van der Waals surface area contributed by atoms with Crippen LogP contribution in [0.1, 0.15) is 26.7 Å². The van der Waals surface area contributed by atoms with Crippen LogP contribution in [0, 0.1) is 11.8 Å². The Kier molecular flexibility index (Phi) is 7.74. The molecule has 2 aliphatic heterocycles. The predicted molar refractivity (Wildman–Crippen MR) is 115 cm³/mol. The molecule has 1 N–H and O–H groups in total. The van der Waals surface area contributed by atoms with Crippen molar-refractivity contribution < 1.29 is 26.4 Å². The minimum atomic E-state index is -3.82. The van der Waals surface area contributed by atoms with Crippen LogP contribution in [0.25, 0.3) is 0 Å². The Morgan fingerprint density at radius 1 is 1.10 bits per heavy atom. The van der Waals surface area contributed by atoms with Gasteiger partial charge < -0.3 is 10.1 Å². The third-order valence-corrected chi connectivity index (χ3v) is 9.78. The largest absolute Gasteiger partial charge is 0.381 e. The van der Waals surface area contributed by atoms with Crippen molar-refractivity contribution in [3.8, 4) is 0 Å². The first-order chi connectivity index (χ1) is 14.7. The van der Waals surface area contributed by atoms with Gasteiger partial charge in [0.2, 0.25) is 26.0 Å². The molecule has 1 amide bonds. The quantitative estimate of drug-likeness (QED) is 0.570. The Bertz CT molecular complexity index is 971. The van der Waals surface area contributed by atoms with Crippen molar-refractivity contribution in [2.75, 3.05) is 45.9 Å². The first kappa shape index (κ1) is 24.1. The normalized spacial score (nSPS) is 21.1. The fourth-order valence-corrected chi connectivity index (χ4v) is 6.79. The summed E-state index contributed by atoms with van der Waals surface area (Å²) in [6.07, 6.45) is 1.23. The van der Waals surface area contributed by atoms with E-state index in [9.17, 15) is 21.6 Å². The molecule has 1 unspecified atom stereocenters. The van der Waals surface area contributed by atoms with Gasteiger partial charge in [-0.15, -0.1) is 0 Å². The van der Waals surface area contributed by atoms with Crippen LogP contribution in [0.15, 0.2) is 34.1 Å². The number of rotatable bonds is 9. The highest BCUT2D eigenvalue weighted by Gasteiger charge is 2.34. The van der Waals surface area contributed by atoms with Gasteiger partial charge in [-0.05, 0) is 37.1 Å². The highest BCUT2D eigenvalue weighted by atomic mass is 32.2. The number of amides is 1. The first-order valence-electron chi connectivity index (χ1n) is 10.7. The number of carbonyl (C=O) groups is 1. The molecule has 11 heteroatoms. The number of hydrogen-bond acceptors (Lipinski definition) is 6. The molecule has 2 saturated heterocycles. The molecule has 0 aromatic heterocycles.